The summed E-state index contributed by atoms with van der Waals surface area (Å²) in [6.45, 7) is 20.4. The Morgan fingerprint density at radius 1 is 0.388 bits per heavy atom. The van der Waals surface area contributed by atoms with E-state index in [0.29, 0.717) is 11.5 Å². The van der Waals surface area contributed by atoms with Crippen LogP contribution in [0.15, 0.2) is 243 Å². The van der Waals surface area contributed by atoms with Gasteiger partial charge in [-0.15, -0.1) is 0 Å². The SMILES string of the molecule is CC(C)(C)c1ccc(N2c3ccccc3-c3ccc(Oc4[c-]c(-n5[c](=[Pt])n(-c6c(-c7ccccc7)cc(C(C)(C)C)cc6-c6ccccc6)c6ccccc65)ccc4)[c-]c3N(c3cc(C(C)(C)C)ccn3)c3ccccc3-c3ccccc32)cc1. The van der Waals surface area contributed by atoms with Crippen molar-refractivity contribution < 1.29 is 24.1 Å². The van der Waals surface area contributed by atoms with Crippen molar-refractivity contribution >= 4 is 45.3 Å². The van der Waals surface area contributed by atoms with Crippen LogP contribution in [0.4, 0.5) is 34.3 Å². The van der Waals surface area contributed by atoms with Crippen LogP contribution >= 0.6 is 0 Å². The molecule has 0 bridgehead atoms. The average Bonchev–Trinajstić information content (AvgIpc) is 1.93. The summed E-state index contributed by atoms with van der Waals surface area (Å²) in [5, 5.41) is 0. The summed E-state index contributed by atoms with van der Waals surface area (Å²) in [4.78, 5) is 9.92. The number of imidazole rings is 1. The molecule has 0 atom stereocenters. The monoisotopic (exact) mass is 1280 g/mol. The summed E-state index contributed by atoms with van der Waals surface area (Å²) < 4.78 is 12.8. The Bertz CT molecular complexity index is 4480. The summed E-state index contributed by atoms with van der Waals surface area (Å²) in [5.74, 6) is 1.86. The van der Waals surface area contributed by atoms with Gasteiger partial charge in [-0.25, -0.2) is 0 Å². The molecule has 0 amide bonds. The first kappa shape index (κ1) is 55.1. The molecule has 0 unspecified atom stereocenters. The molecule has 6 nitrogen and oxygen atoms in total. The van der Waals surface area contributed by atoms with Gasteiger partial charge in [0.2, 0.25) is 0 Å². The normalized spacial score (nSPS) is 12.6. The number of nitrogens with zero attached hydrogens (tertiary/aromatic N) is 5. The van der Waals surface area contributed by atoms with E-state index >= 15 is 0 Å². The van der Waals surface area contributed by atoms with Crippen molar-refractivity contribution in [3.05, 3.63) is 275 Å². The van der Waals surface area contributed by atoms with Gasteiger partial charge < -0.3 is 4.90 Å². The topological polar surface area (TPSA) is 38.5 Å². The predicted octanol–water partition coefficient (Wildman–Crippen LogP) is 21.1. The van der Waals surface area contributed by atoms with E-state index in [1.807, 2.05) is 18.3 Å². The molecule has 12 aromatic rings. The molecule has 13 rings (SSSR count). The van der Waals surface area contributed by atoms with Crippen LogP contribution in [0.3, 0.4) is 0 Å². The van der Waals surface area contributed by atoms with Crippen LogP contribution in [-0.4, -0.2) is 14.1 Å². The summed E-state index contributed by atoms with van der Waals surface area (Å²) in [6.07, 6.45) is 1.94. The standard InChI is InChI=1S/C78H67N5O.Pt/c1-76(2,3)55-39-41-58(42-40-55)82-68-34-19-16-31-62(68)63-32-18-21-36-70(63)83(74-49-56(45-46-79-74)77(4,5)6)73-51-61(43-44-65(73)64-33-17-20-35-69(64)82)84-60-30-24-29-59(50-60)80-52-81(72-38-23-22-37-71(72)80)75-66(53-25-12-10-13-26-53)47-57(78(7,8)9)48-67(75)54-27-14-11-15-28-54;/h10-49H,1-9H3;/q-2;. The number of anilines is 6. The van der Waals surface area contributed by atoms with Crippen LogP contribution in [-0.2, 0) is 35.6 Å². The molecule has 0 aliphatic carbocycles. The summed E-state index contributed by atoms with van der Waals surface area (Å²) in [7, 11) is 0. The molecule has 0 saturated heterocycles. The molecule has 1 aliphatic heterocycles. The van der Waals surface area contributed by atoms with Gasteiger partial charge in [-0.05, 0) is 52.3 Å². The van der Waals surface area contributed by atoms with Gasteiger partial charge in [0.05, 0.1) is 5.69 Å². The Kier molecular flexibility index (Phi) is 14.2. The number of aromatic nitrogens is 3. The molecule has 7 heteroatoms. The van der Waals surface area contributed by atoms with Gasteiger partial charge in [0.15, 0.2) is 0 Å². The molecule has 85 heavy (non-hydrogen) atoms. The van der Waals surface area contributed by atoms with E-state index < -0.39 is 0 Å². The fourth-order valence-electron chi connectivity index (χ4n) is 11.8. The minimum Gasteiger partial charge on any atom is -0.0615 e. The Hall–Kier alpha value is -9.09. The molecular weight excluding hydrogens is 1220 g/mol. The number of ether oxygens (including phenoxy) is 1. The van der Waals surface area contributed by atoms with E-state index in [1.165, 1.54) is 16.7 Å². The van der Waals surface area contributed by atoms with Crippen LogP contribution in [0.2, 0.25) is 0 Å². The molecule has 0 spiro atoms. The van der Waals surface area contributed by atoms with Crippen LogP contribution in [0.25, 0.3) is 66.9 Å². The predicted molar refractivity (Wildman–Crippen MR) is 349 cm³/mol. The van der Waals surface area contributed by atoms with E-state index in [2.05, 4.69) is 337 Å². The van der Waals surface area contributed by atoms with E-state index in [0.717, 1.165) is 105 Å². The van der Waals surface area contributed by atoms with Crippen LogP contribution in [0.1, 0.15) is 79.0 Å². The van der Waals surface area contributed by atoms with E-state index in [9.17, 15) is 0 Å². The zero-order valence-electron chi connectivity index (χ0n) is 49.6. The summed E-state index contributed by atoms with van der Waals surface area (Å²) in [5.41, 5.74) is 21.2. The Balaban J connectivity index is 1.00. The minimum absolute atomic E-state index is 0.00791. The van der Waals surface area contributed by atoms with Crippen molar-refractivity contribution in [3.63, 3.8) is 0 Å². The van der Waals surface area contributed by atoms with Crippen molar-refractivity contribution in [3.8, 4) is 67.4 Å². The van der Waals surface area contributed by atoms with Crippen molar-refractivity contribution in [2.24, 2.45) is 0 Å². The fourth-order valence-corrected chi connectivity index (χ4v) is 12.8. The van der Waals surface area contributed by atoms with Crippen molar-refractivity contribution in [1.29, 1.82) is 0 Å². The third-order valence-electron chi connectivity index (χ3n) is 16.3. The molecule has 10 aromatic carbocycles. The third kappa shape index (κ3) is 10.4. The maximum absolute atomic E-state index is 7.11. The smallest absolute Gasteiger partial charge is 0.0615 e. The van der Waals surface area contributed by atoms with Gasteiger partial charge in [0.25, 0.3) is 0 Å². The first-order chi connectivity index (χ1) is 41.0. The number of rotatable bonds is 8. The molecule has 422 valence electrons. The molecule has 1 aliphatic rings. The second-order valence-electron chi connectivity index (χ2n) is 25.1. The zero-order chi connectivity index (χ0) is 58.8. The van der Waals surface area contributed by atoms with Gasteiger partial charge in [-0.2, -0.15) is 0 Å². The number of benzene rings is 10. The third-order valence-corrected chi connectivity index (χ3v) is 17.3. The van der Waals surface area contributed by atoms with Crippen LogP contribution in [0.5, 0.6) is 11.5 Å². The van der Waals surface area contributed by atoms with E-state index in [-0.39, 0.29) is 16.2 Å². The first-order valence-electron chi connectivity index (χ1n) is 29.2. The molecular formula is C78H67N5OPt-2. The van der Waals surface area contributed by atoms with Crippen molar-refractivity contribution in [2.45, 2.75) is 78.6 Å². The van der Waals surface area contributed by atoms with Crippen LogP contribution < -0.4 is 14.5 Å². The quantitative estimate of drug-likeness (QED) is 0.142. The zero-order valence-corrected chi connectivity index (χ0v) is 51.8. The van der Waals surface area contributed by atoms with Gasteiger partial charge in [0, 0.05) is 17.4 Å². The first-order valence-corrected chi connectivity index (χ1v) is 30.3. The number of pyridine rings is 1. The molecule has 0 saturated carbocycles. The molecule has 3 heterocycles. The Morgan fingerprint density at radius 3 is 1.45 bits per heavy atom. The second-order valence-corrected chi connectivity index (χ2v) is 26.1. The Labute approximate surface area is 511 Å². The van der Waals surface area contributed by atoms with Gasteiger partial charge >= 0.3 is 332 Å². The van der Waals surface area contributed by atoms with Crippen LogP contribution in [0, 0.1) is 15.9 Å². The van der Waals surface area contributed by atoms with Gasteiger partial charge in [-0.3, -0.25) is 0 Å². The molecule has 0 N–H and O–H groups in total. The van der Waals surface area contributed by atoms with E-state index in [4.69, 9.17) is 9.72 Å². The fraction of sp³-hybridized carbons (Fsp3) is 0.154. The second kappa shape index (κ2) is 21.8. The van der Waals surface area contributed by atoms with Gasteiger partial charge in [-0.1, -0.05) is 102 Å². The Morgan fingerprint density at radius 2 is 0.882 bits per heavy atom. The molecule has 0 radical (unpaired) electrons. The minimum atomic E-state index is -0.150. The molecule has 2 aromatic heterocycles. The summed E-state index contributed by atoms with van der Waals surface area (Å²) >= 11 is 2.51. The number of hydrogen-bond donors (Lipinski definition) is 0. The summed E-state index contributed by atoms with van der Waals surface area (Å²) in [6, 6.07) is 92.7. The van der Waals surface area contributed by atoms with Crippen molar-refractivity contribution in [2.75, 3.05) is 9.80 Å². The van der Waals surface area contributed by atoms with Crippen molar-refractivity contribution in [1.82, 2.24) is 14.1 Å². The van der Waals surface area contributed by atoms with E-state index in [1.54, 1.807) is 0 Å². The van der Waals surface area contributed by atoms with Gasteiger partial charge in [0.1, 0.15) is 0 Å². The number of fused-ring (bicyclic) bond motifs is 7. The number of hydrogen-bond acceptors (Lipinski definition) is 4. The molecule has 0 fully saturated rings. The average molecular weight is 1290 g/mol. The maximum atomic E-state index is 7.11. The number of para-hydroxylation sites is 5.